The highest BCUT2D eigenvalue weighted by Crippen LogP contribution is 2.16. The van der Waals surface area contributed by atoms with Gasteiger partial charge in [-0.2, -0.15) is 0 Å². The normalized spacial score (nSPS) is 19.4. The Hall–Kier alpha value is -1.86. The molecule has 1 aliphatic rings. The standard InChI is InChI=1S/C11H15N3O4/c12-9-3-7(11(15)16)4-13-10(9)14-5-8-6-17-1-2-18-8/h3-4,8H,1-2,5-6,12H2,(H,13,14)(H,15,16). The Morgan fingerprint density at radius 1 is 1.61 bits per heavy atom. The topological polar surface area (TPSA) is 107 Å². The predicted molar refractivity (Wildman–Crippen MR) is 64.7 cm³/mol. The first kappa shape index (κ1) is 12.6. The number of aromatic carboxylic acids is 1. The third kappa shape index (κ3) is 3.08. The molecule has 1 aromatic heterocycles. The van der Waals surface area contributed by atoms with Gasteiger partial charge in [-0.05, 0) is 6.07 Å². The summed E-state index contributed by atoms with van der Waals surface area (Å²) in [5.41, 5.74) is 6.08. The molecule has 1 aliphatic heterocycles. The molecular weight excluding hydrogens is 238 g/mol. The summed E-state index contributed by atoms with van der Waals surface area (Å²) in [6, 6.07) is 1.37. The molecular formula is C11H15N3O4. The molecule has 1 unspecified atom stereocenters. The van der Waals surface area contributed by atoms with Crippen LogP contribution in [0.25, 0.3) is 0 Å². The van der Waals surface area contributed by atoms with Crippen molar-refractivity contribution in [3.63, 3.8) is 0 Å². The second kappa shape index (κ2) is 5.65. The number of carboxylic acid groups (broad SMARTS) is 1. The van der Waals surface area contributed by atoms with Gasteiger partial charge in [0, 0.05) is 12.7 Å². The van der Waals surface area contributed by atoms with Crippen LogP contribution in [0.3, 0.4) is 0 Å². The highest BCUT2D eigenvalue weighted by molar-refractivity contribution is 5.89. The van der Waals surface area contributed by atoms with Crippen molar-refractivity contribution in [2.45, 2.75) is 6.10 Å². The van der Waals surface area contributed by atoms with Crippen molar-refractivity contribution in [3.8, 4) is 0 Å². The molecule has 7 heteroatoms. The molecule has 18 heavy (non-hydrogen) atoms. The fourth-order valence-electron chi connectivity index (χ4n) is 1.61. The van der Waals surface area contributed by atoms with E-state index in [0.717, 1.165) is 0 Å². The van der Waals surface area contributed by atoms with E-state index in [1.54, 1.807) is 0 Å². The zero-order valence-corrected chi connectivity index (χ0v) is 9.76. The number of rotatable bonds is 4. The fraction of sp³-hybridized carbons (Fsp3) is 0.455. The predicted octanol–water partition coefficient (Wildman–Crippen LogP) is 0.189. The van der Waals surface area contributed by atoms with Crippen molar-refractivity contribution in [2.75, 3.05) is 37.4 Å². The number of nitrogen functional groups attached to an aromatic ring is 1. The van der Waals surface area contributed by atoms with E-state index in [9.17, 15) is 4.79 Å². The monoisotopic (exact) mass is 253 g/mol. The first-order valence-electron chi connectivity index (χ1n) is 5.59. The van der Waals surface area contributed by atoms with Crippen LogP contribution in [0.1, 0.15) is 10.4 Å². The maximum absolute atomic E-state index is 10.7. The molecule has 0 aliphatic carbocycles. The van der Waals surface area contributed by atoms with E-state index in [4.69, 9.17) is 20.3 Å². The van der Waals surface area contributed by atoms with Crippen molar-refractivity contribution in [3.05, 3.63) is 17.8 Å². The minimum Gasteiger partial charge on any atom is -0.478 e. The van der Waals surface area contributed by atoms with Gasteiger partial charge >= 0.3 is 5.97 Å². The number of hydrogen-bond acceptors (Lipinski definition) is 6. The lowest BCUT2D eigenvalue weighted by molar-refractivity contribution is -0.0819. The average molecular weight is 253 g/mol. The van der Waals surface area contributed by atoms with Crippen LogP contribution >= 0.6 is 0 Å². The van der Waals surface area contributed by atoms with E-state index < -0.39 is 5.97 Å². The maximum Gasteiger partial charge on any atom is 0.337 e. The fourth-order valence-corrected chi connectivity index (χ4v) is 1.61. The van der Waals surface area contributed by atoms with Gasteiger partial charge in [0.1, 0.15) is 5.82 Å². The second-order valence-electron chi connectivity index (χ2n) is 3.92. The smallest absolute Gasteiger partial charge is 0.337 e. The number of nitrogens with one attached hydrogen (secondary N) is 1. The summed E-state index contributed by atoms with van der Waals surface area (Å²) in [6.45, 7) is 2.24. The van der Waals surface area contributed by atoms with Crippen LogP contribution in [0.15, 0.2) is 12.3 Å². The number of aromatic nitrogens is 1. The van der Waals surface area contributed by atoms with Crippen molar-refractivity contribution in [2.24, 2.45) is 0 Å². The van der Waals surface area contributed by atoms with Crippen LogP contribution in [0.4, 0.5) is 11.5 Å². The quantitative estimate of drug-likeness (QED) is 0.703. The third-order valence-electron chi connectivity index (χ3n) is 2.55. The summed E-state index contributed by atoms with van der Waals surface area (Å²) >= 11 is 0. The summed E-state index contributed by atoms with van der Waals surface area (Å²) in [5, 5.41) is 11.8. The number of ether oxygens (including phenoxy) is 2. The molecule has 98 valence electrons. The molecule has 0 spiro atoms. The Morgan fingerprint density at radius 2 is 2.44 bits per heavy atom. The molecule has 7 nitrogen and oxygen atoms in total. The third-order valence-corrected chi connectivity index (χ3v) is 2.55. The first-order chi connectivity index (χ1) is 8.66. The van der Waals surface area contributed by atoms with E-state index in [0.29, 0.717) is 37.9 Å². The number of nitrogens with zero attached hydrogens (tertiary/aromatic N) is 1. The summed E-state index contributed by atoms with van der Waals surface area (Å²) < 4.78 is 10.7. The molecule has 0 amide bonds. The summed E-state index contributed by atoms with van der Waals surface area (Å²) in [4.78, 5) is 14.7. The molecule has 4 N–H and O–H groups in total. The van der Waals surface area contributed by atoms with Gasteiger partial charge in [0.25, 0.3) is 0 Å². The highest BCUT2D eigenvalue weighted by atomic mass is 16.6. The van der Waals surface area contributed by atoms with Crippen LogP contribution in [0, 0.1) is 0 Å². The second-order valence-corrected chi connectivity index (χ2v) is 3.92. The van der Waals surface area contributed by atoms with Crippen molar-refractivity contribution >= 4 is 17.5 Å². The summed E-state index contributed by atoms with van der Waals surface area (Å²) in [5.74, 6) is -0.598. The minimum absolute atomic E-state index is 0.0425. The molecule has 1 atom stereocenters. The van der Waals surface area contributed by atoms with Gasteiger partial charge in [-0.3, -0.25) is 0 Å². The molecule has 0 bridgehead atoms. The molecule has 1 aromatic rings. The Balaban J connectivity index is 1.94. The van der Waals surface area contributed by atoms with E-state index in [2.05, 4.69) is 10.3 Å². The summed E-state index contributed by atoms with van der Waals surface area (Å²) in [6.07, 6.45) is 1.22. The van der Waals surface area contributed by atoms with Gasteiger partial charge in [0.15, 0.2) is 0 Å². The lowest BCUT2D eigenvalue weighted by Crippen LogP contribution is -2.34. The lowest BCUT2D eigenvalue weighted by atomic mass is 10.2. The number of hydrogen-bond donors (Lipinski definition) is 3. The molecule has 2 rings (SSSR count). The van der Waals surface area contributed by atoms with Crippen molar-refractivity contribution in [1.29, 1.82) is 0 Å². The summed E-state index contributed by atoms with van der Waals surface area (Å²) in [7, 11) is 0. The van der Waals surface area contributed by atoms with Gasteiger partial charge in [-0.25, -0.2) is 9.78 Å². The molecule has 2 heterocycles. The lowest BCUT2D eigenvalue weighted by Gasteiger charge is -2.23. The van der Waals surface area contributed by atoms with Gasteiger partial charge in [0.2, 0.25) is 0 Å². The number of anilines is 2. The van der Waals surface area contributed by atoms with E-state index in [1.807, 2.05) is 0 Å². The van der Waals surface area contributed by atoms with Gasteiger partial charge in [-0.1, -0.05) is 0 Å². The minimum atomic E-state index is -1.05. The van der Waals surface area contributed by atoms with E-state index >= 15 is 0 Å². The molecule has 0 saturated carbocycles. The number of carboxylic acids is 1. The highest BCUT2D eigenvalue weighted by Gasteiger charge is 2.15. The molecule has 1 fully saturated rings. The van der Waals surface area contributed by atoms with E-state index in [-0.39, 0.29) is 11.7 Å². The first-order valence-corrected chi connectivity index (χ1v) is 5.59. The average Bonchev–Trinajstić information content (AvgIpc) is 2.38. The SMILES string of the molecule is Nc1cc(C(=O)O)cnc1NCC1COCCO1. The maximum atomic E-state index is 10.7. The molecule has 0 aromatic carbocycles. The number of nitrogens with two attached hydrogens (primary N) is 1. The number of carbonyl (C=O) groups is 1. The zero-order chi connectivity index (χ0) is 13.0. The van der Waals surface area contributed by atoms with Crippen molar-refractivity contribution in [1.82, 2.24) is 4.98 Å². The van der Waals surface area contributed by atoms with Gasteiger partial charge in [0.05, 0.1) is 37.2 Å². The molecule has 1 saturated heterocycles. The van der Waals surface area contributed by atoms with Crippen LogP contribution in [-0.4, -0.2) is 48.5 Å². The Bertz CT molecular complexity index is 432. The number of pyridine rings is 1. The van der Waals surface area contributed by atoms with Crippen molar-refractivity contribution < 1.29 is 19.4 Å². The Labute approximate surface area is 104 Å². The Kier molecular flexibility index (Phi) is 3.96. The Morgan fingerprint density at radius 3 is 3.06 bits per heavy atom. The van der Waals surface area contributed by atoms with Gasteiger partial charge < -0.3 is 25.6 Å². The van der Waals surface area contributed by atoms with Gasteiger partial charge in [-0.15, -0.1) is 0 Å². The van der Waals surface area contributed by atoms with Crippen LogP contribution in [-0.2, 0) is 9.47 Å². The van der Waals surface area contributed by atoms with Crippen LogP contribution < -0.4 is 11.1 Å². The zero-order valence-electron chi connectivity index (χ0n) is 9.76. The van der Waals surface area contributed by atoms with Crippen LogP contribution in [0.5, 0.6) is 0 Å². The molecule has 0 radical (unpaired) electrons. The largest absolute Gasteiger partial charge is 0.478 e. The van der Waals surface area contributed by atoms with Crippen LogP contribution in [0.2, 0.25) is 0 Å². The van der Waals surface area contributed by atoms with E-state index in [1.165, 1.54) is 12.3 Å².